The Kier molecular flexibility index (Phi) is 7.30. The van der Waals surface area contributed by atoms with E-state index < -0.39 is 0 Å². The predicted molar refractivity (Wildman–Crippen MR) is 86.1 cm³/mol. The first-order chi connectivity index (χ1) is 10.3. The Balaban J connectivity index is 1.57. The van der Waals surface area contributed by atoms with Crippen LogP contribution in [0.15, 0.2) is 24.3 Å². The maximum absolute atomic E-state index is 8.80. The molecular weight excluding hydrogens is 288 g/mol. The molecule has 0 radical (unpaired) electrons. The maximum Gasteiger partial charge on any atom is 0.119 e. The molecule has 0 aliphatic carbocycles. The molecule has 2 rings (SSSR count). The van der Waals surface area contributed by atoms with Crippen molar-refractivity contribution in [2.45, 2.75) is 12.8 Å². The molecule has 5 heteroatoms. The number of benzene rings is 1. The van der Waals surface area contributed by atoms with E-state index in [-0.39, 0.29) is 0 Å². The molecule has 118 valence electrons. The Morgan fingerprint density at radius 2 is 1.57 bits per heavy atom. The first-order valence-electron chi connectivity index (χ1n) is 7.72. The number of nitrogens with zero attached hydrogens (tertiary/aromatic N) is 2. The zero-order valence-corrected chi connectivity index (χ0v) is 13.3. The Labute approximate surface area is 132 Å². The maximum atomic E-state index is 8.80. The number of piperazine rings is 1. The van der Waals surface area contributed by atoms with Gasteiger partial charge in [-0.15, -0.1) is 0 Å². The van der Waals surface area contributed by atoms with Crippen molar-refractivity contribution in [3.05, 3.63) is 29.3 Å². The summed E-state index contributed by atoms with van der Waals surface area (Å²) in [7, 11) is 0. The zero-order chi connectivity index (χ0) is 14.9. The van der Waals surface area contributed by atoms with Crippen molar-refractivity contribution in [1.82, 2.24) is 9.80 Å². The molecule has 1 aliphatic heterocycles. The van der Waals surface area contributed by atoms with Crippen LogP contribution >= 0.6 is 11.6 Å². The van der Waals surface area contributed by atoms with Crippen molar-refractivity contribution in [2.75, 3.05) is 52.5 Å². The van der Waals surface area contributed by atoms with Crippen LogP contribution in [0.1, 0.15) is 12.8 Å². The summed E-state index contributed by atoms with van der Waals surface area (Å²) in [6.07, 6.45) is 2.01. The summed E-state index contributed by atoms with van der Waals surface area (Å²) in [6, 6.07) is 7.51. The van der Waals surface area contributed by atoms with Crippen LogP contribution in [0.5, 0.6) is 5.75 Å². The number of hydrogen-bond acceptors (Lipinski definition) is 4. The third-order valence-electron chi connectivity index (χ3n) is 3.84. The molecule has 1 aromatic carbocycles. The summed E-state index contributed by atoms with van der Waals surface area (Å²) in [5.74, 6) is 0.877. The van der Waals surface area contributed by atoms with Gasteiger partial charge < -0.3 is 14.7 Å². The standard InChI is InChI=1S/C16H25ClN2O2/c17-15-3-5-16(6-4-15)21-14-12-19-10-8-18(9-11-19)7-1-2-13-20/h3-6,20H,1-2,7-14H2. The van der Waals surface area contributed by atoms with Gasteiger partial charge in [0.15, 0.2) is 0 Å². The molecule has 0 atom stereocenters. The minimum atomic E-state index is 0.308. The second-order valence-corrected chi connectivity index (χ2v) is 5.85. The smallest absolute Gasteiger partial charge is 0.119 e. The van der Waals surface area contributed by atoms with Gasteiger partial charge in [-0.2, -0.15) is 0 Å². The largest absolute Gasteiger partial charge is 0.492 e. The second kappa shape index (κ2) is 9.26. The Morgan fingerprint density at radius 3 is 2.19 bits per heavy atom. The topological polar surface area (TPSA) is 35.9 Å². The van der Waals surface area contributed by atoms with Crippen LogP contribution in [0.2, 0.25) is 5.02 Å². The fraction of sp³-hybridized carbons (Fsp3) is 0.625. The van der Waals surface area contributed by atoms with E-state index in [2.05, 4.69) is 9.80 Å². The highest BCUT2D eigenvalue weighted by atomic mass is 35.5. The second-order valence-electron chi connectivity index (χ2n) is 5.42. The molecule has 0 aromatic heterocycles. The van der Waals surface area contributed by atoms with Crippen molar-refractivity contribution >= 4 is 11.6 Å². The normalized spacial score (nSPS) is 17.0. The van der Waals surface area contributed by atoms with Crippen molar-refractivity contribution in [1.29, 1.82) is 0 Å². The fourth-order valence-electron chi connectivity index (χ4n) is 2.51. The van der Waals surface area contributed by atoms with Crippen LogP contribution in [0, 0.1) is 0 Å². The van der Waals surface area contributed by atoms with Crippen LogP contribution in [-0.2, 0) is 0 Å². The first kappa shape index (κ1) is 16.6. The molecule has 1 N–H and O–H groups in total. The molecule has 1 aliphatic rings. The molecule has 1 fully saturated rings. The van der Waals surface area contributed by atoms with E-state index in [1.807, 2.05) is 24.3 Å². The first-order valence-corrected chi connectivity index (χ1v) is 8.09. The molecule has 4 nitrogen and oxygen atoms in total. The lowest BCUT2D eigenvalue weighted by atomic mass is 10.2. The average Bonchev–Trinajstić information content (AvgIpc) is 2.51. The van der Waals surface area contributed by atoms with E-state index in [1.165, 1.54) is 0 Å². The Morgan fingerprint density at radius 1 is 0.952 bits per heavy atom. The summed E-state index contributed by atoms with van der Waals surface area (Å²) >= 11 is 5.84. The molecule has 0 bridgehead atoms. The molecule has 1 aromatic rings. The SMILES string of the molecule is OCCCCN1CCN(CCOc2ccc(Cl)cc2)CC1. The number of hydrogen-bond donors (Lipinski definition) is 1. The molecule has 0 unspecified atom stereocenters. The van der Waals surface area contributed by atoms with E-state index in [4.69, 9.17) is 21.4 Å². The number of aliphatic hydroxyl groups excluding tert-OH is 1. The van der Waals surface area contributed by atoms with Crippen LogP contribution in [-0.4, -0.2) is 67.4 Å². The van der Waals surface area contributed by atoms with Crippen molar-refractivity contribution in [2.24, 2.45) is 0 Å². The van der Waals surface area contributed by atoms with Crippen LogP contribution in [0.25, 0.3) is 0 Å². The van der Waals surface area contributed by atoms with E-state index in [0.717, 1.165) is 62.9 Å². The van der Waals surface area contributed by atoms with Gasteiger partial charge in [-0.05, 0) is 43.7 Å². The van der Waals surface area contributed by atoms with Crippen molar-refractivity contribution in [3.8, 4) is 5.75 Å². The number of ether oxygens (including phenoxy) is 1. The lowest BCUT2D eigenvalue weighted by molar-refractivity contribution is 0.114. The van der Waals surface area contributed by atoms with Gasteiger partial charge in [-0.1, -0.05) is 11.6 Å². The van der Waals surface area contributed by atoms with Gasteiger partial charge in [-0.25, -0.2) is 0 Å². The lowest BCUT2D eigenvalue weighted by Gasteiger charge is -2.34. The van der Waals surface area contributed by atoms with Gasteiger partial charge in [0.2, 0.25) is 0 Å². The molecule has 1 saturated heterocycles. The van der Waals surface area contributed by atoms with Gasteiger partial charge in [-0.3, -0.25) is 4.90 Å². The number of aliphatic hydroxyl groups is 1. The van der Waals surface area contributed by atoms with E-state index in [9.17, 15) is 0 Å². The van der Waals surface area contributed by atoms with Gasteiger partial charge in [0.1, 0.15) is 12.4 Å². The monoisotopic (exact) mass is 312 g/mol. The van der Waals surface area contributed by atoms with Crippen molar-refractivity contribution < 1.29 is 9.84 Å². The predicted octanol–water partition coefficient (Wildman–Crippen LogP) is 2.11. The minimum absolute atomic E-state index is 0.308. The number of rotatable bonds is 8. The summed E-state index contributed by atoms with van der Waals surface area (Å²) in [6.45, 7) is 7.53. The van der Waals surface area contributed by atoms with E-state index in [0.29, 0.717) is 13.2 Å². The third kappa shape index (κ3) is 6.22. The molecule has 0 saturated carbocycles. The number of halogens is 1. The summed E-state index contributed by atoms with van der Waals surface area (Å²) in [5.41, 5.74) is 0. The summed E-state index contributed by atoms with van der Waals surface area (Å²) in [4.78, 5) is 4.92. The van der Waals surface area contributed by atoms with Gasteiger partial charge in [0.05, 0.1) is 0 Å². The Hall–Kier alpha value is -0.810. The molecule has 0 amide bonds. The average molecular weight is 313 g/mol. The molecule has 21 heavy (non-hydrogen) atoms. The summed E-state index contributed by atoms with van der Waals surface area (Å²) < 4.78 is 5.73. The van der Waals surface area contributed by atoms with E-state index in [1.54, 1.807) is 0 Å². The zero-order valence-electron chi connectivity index (χ0n) is 12.5. The highest BCUT2D eigenvalue weighted by Crippen LogP contribution is 2.15. The Bertz CT molecular complexity index is 392. The highest BCUT2D eigenvalue weighted by Gasteiger charge is 2.15. The lowest BCUT2D eigenvalue weighted by Crippen LogP contribution is -2.47. The molecule has 1 heterocycles. The third-order valence-corrected chi connectivity index (χ3v) is 4.09. The van der Waals surface area contributed by atoms with Crippen LogP contribution in [0.4, 0.5) is 0 Å². The van der Waals surface area contributed by atoms with Crippen LogP contribution in [0.3, 0.4) is 0 Å². The van der Waals surface area contributed by atoms with Gasteiger partial charge in [0, 0.05) is 44.4 Å². The van der Waals surface area contributed by atoms with Gasteiger partial charge >= 0.3 is 0 Å². The highest BCUT2D eigenvalue weighted by molar-refractivity contribution is 6.30. The fourth-order valence-corrected chi connectivity index (χ4v) is 2.63. The van der Waals surface area contributed by atoms with E-state index >= 15 is 0 Å². The number of unbranched alkanes of at least 4 members (excludes halogenated alkanes) is 1. The summed E-state index contributed by atoms with van der Waals surface area (Å²) in [5, 5.41) is 9.53. The van der Waals surface area contributed by atoms with Gasteiger partial charge in [0.25, 0.3) is 0 Å². The van der Waals surface area contributed by atoms with Crippen molar-refractivity contribution in [3.63, 3.8) is 0 Å². The quantitative estimate of drug-likeness (QED) is 0.746. The van der Waals surface area contributed by atoms with Crippen LogP contribution < -0.4 is 4.74 Å². The molecular formula is C16H25ClN2O2. The minimum Gasteiger partial charge on any atom is -0.492 e. The molecule has 0 spiro atoms.